The maximum Gasteiger partial charge on any atom is 0.323 e. The van der Waals surface area contributed by atoms with Gasteiger partial charge in [-0.1, -0.05) is 0 Å². The van der Waals surface area contributed by atoms with Crippen LogP contribution in [0.1, 0.15) is 19.8 Å². The van der Waals surface area contributed by atoms with Gasteiger partial charge in [0.15, 0.2) is 0 Å². The maximum absolute atomic E-state index is 10.7. The largest absolute Gasteiger partial charge is 0.480 e. The third-order valence-electron chi connectivity index (χ3n) is 2.21. The average molecular weight is 173 g/mol. The van der Waals surface area contributed by atoms with E-state index in [0.717, 1.165) is 12.8 Å². The zero-order chi connectivity index (χ0) is 9.14. The number of rotatable bonds is 3. The fourth-order valence-corrected chi connectivity index (χ4v) is 1.55. The molecule has 1 rings (SSSR count). The van der Waals surface area contributed by atoms with Gasteiger partial charge in [-0.15, -0.1) is 0 Å². The van der Waals surface area contributed by atoms with Crippen molar-refractivity contribution in [3.8, 4) is 0 Å². The molecule has 0 aromatic heterocycles. The van der Waals surface area contributed by atoms with Crippen molar-refractivity contribution < 1.29 is 14.6 Å². The summed E-state index contributed by atoms with van der Waals surface area (Å²) in [5.74, 6) is -0.836. The molecule has 0 aromatic carbocycles. The monoisotopic (exact) mass is 173 g/mol. The molecule has 70 valence electrons. The molecule has 4 nitrogen and oxygen atoms in total. The minimum atomic E-state index is -0.836. The van der Waals surface area contributed by atoms with Crippen LogP contribution in [0.3, 0.4) is 0 Å². The molecule has 1 fully saturated rings. The highest BCUT2D eigenvalue weighted by molar-refractivity contribution is 5.74. The second kappa shape index (κ2) is 3.87. The lowest BCUT2D eigenvalue weighted by molar-refractivity contribution is -0.143. The van der Waals surface area contributed by atoms with E-state index in [4.69, 9.17) is 9.84 Å². The van der Waals surface area contributed by atoms with Crippen LogP contribution in [0.15, 0.2) is 0 Å². The molecular weight excluding hydrogens is 158 g/mol. The molecule has 0 bridgehead atoms. The van der Waals surface area contributed by atoms with Crippen LogP contribution in [0.2, 0.25) is 0 Å². The first-order valence-corrected chi connectivity index (χ1v) is 4.20. The number of carbonyl (C=O) groups is 1. The quantitative estimate of drug-likeness (QED) is 0.641. The van der Waals surface area contributed by atoms with Crippen LogP contribution in [-0.2, 0) is 9.53 Å². The molecule has 2 N–H and O–H groups in total. The van der Waals surface area contributed by atoms with Gasteiger partial charge in [-0.2, -0.15) is 0 Å². The first-order valence-electron chi connectivity index (χ1n) is 4.20. The van der Waals surface area contributed by atoms with Gasteiger partial charge in [-0.25, -0.2) is 0 Å². The van der Waals surface area contributed by atoms with Crippen molar-refractivity contribution in [2.75, 3.05) is 7.05 Å². The average Bonchev–Trinajstić information content (AvgIpc) is 2.37. The molecule has 1 heterocycles. The van der Waals surface area contributed by atoms with E-state index in [1.165, 1.54) is 0 Å². The molecule has 4 heteroatoms. The third-order valence-corrected chi connectivity index (χ3v) is 2.21. The minimum absolute atomic E-state index is 0.164. The number of hydrogen-bond donors (Lipinski definition) is 2. The number of hydrogen-bond acceptors (Lipinski definition) is 3. The Kier molecular flexibility index (Phi) is 3.05. The Morgan fingerprint density at radius 2 is 2.33 bits per heavy atom. The normalized spacial score (nSPS) is 31.8. The van der Waals surface area contributed by atoms with E-state index in [1.807, 2.05) is 6.92 Å². The van der Waals surface area contributed by atoms with Gasteiger partial charge in [0.1, 0.15) is 6.04 Å². The fourth-order valence-electron chi connectivity index (χ4n) is 1.55. The Morgan fingerprint density at radius 1 is 1.67 bits per heavy atom. The van der Waals surface area contributed by atoms with Gasteiger partial charge in [0.2, 0.25) is 0 Å². The van der Waals surface area contributed by atoms with Crippen LogP contribution in [-0.4, -0.2) is 36.4 Å². The number of carboxylic acids is 1. The molecule has 1 aliphatic rings. The van der Waals surface area contributed by atoms with Crippen molar-refractivity contribution in [2.24, 2.45) is 0 Å². The Morgan fingerprint density at radius 3 is 2.67 bits per heavy atom. The summed E-state index contributed by atoms with van der Waals surface area (Å²) in [6, 6.07) is -0.560. The number of ether oxygens (including phenoxy) is 1. The molecule has 0 aromatic rings. The molecule has 1 aliphatic heterocycles. The lowest BCUT2D eigenvalue weighted by Crippen LogP contribution is -2.44. The van der Waals surface area contributed by atoms with Gasteiger partial charge in [-0.05, 0) is 26.8 Å². The summed E-state index contributed by atoms with van der Waals surface area (Å²) in [5, 5.41) is 11.5. The molecule has 3 atom stereocenters. The predicted octanol–water partition coefficient (Wildman–Crippen LogP) is 0.226. The first-order chi connectivity index (χ1) is 5.65. The molecule has 0 amide bonds. The van der Waals surface area contributed by atoms with Crippen molar-refractivity contribution >= 4 is 5.97 Å². The Balaban J connectivity index is 2.49. The van der Waals surface area contributed by atoms with Crippen LogP contribution in [0.25, 0.3) is 0 Å². The van der Waals surface area contributed by atoms with Gasteiger partial charge < -0.3 is 15.2 Å². The molecule has 12 heavy (non-hydrogen) atoms. The Bertz CT molecular complexity index is 172. The zero-order valence-electron chi connectivity index (χ0n) is 7.41. The summed E-state index contributed by atoms with van der Waals surface area (Å²) in [6.07, 6.45) is 1.82. The topological polar surface area (TPSA) is 58.6 Å². The van der Waals surface area contributed by atoms with Crippen molar-refractivity contribution in [2.45, 2.75) is 38.0 Å². The second-order valence-electron chi connectivity index (χ2n) is 3.17. The Hall–Kier alpha value is -0.610. The lowest BCUT2D eigenvalue weighted by atomic mass is 10.1. The lowest BCUT2D eigenvalue weighted by Gasteiger charge is -2.18. The molecule has 3 unspecified atom stereocenters. The maximum atomic E-state index is 10.7. The number of aliphatic carboxylic acids is 1. The third kappa shape index (κ3) is 1.95. The molecular formula is C8H15NO3. The highest BCUT2D eigenvalue weighted by Crippen LogP contribution is 2.21. The molecule has 0 saturated carbocycles. The highest BCUT2D eigenvalue weighted by Gasteiger charge is 2.32. The van der Waals surface area contributed by atoms with Gasteiger partial charge in [0, 0.05) is 0 Å². The Labute approximate surface area is 71.9 Å². The van der Waals surface area contributed by atoms with E-state index in [2.05, 4.69) is 5.32 Å². The predicted molar refractivity (Wildman–Crippen MR) is 44.1 cm³/mol. The summed E-state index contributed by atoms with van der Waals surface area (Å²) in [7, 11) is 1.64. The van der Waals surface area contributed by atoms with Gasteiger partial charge in [0.05, 0.1) is 12.2 Å². The second-order valence-corrected chi connectivity index (χ2v) is 3.17. The van der Waals surface area contributed by atoms with E-state index in [1.54, 1.807) is 7.05 Å². The van der Waals surface area contributed by atoms with E-state index in [0.29, 0.717) is 0 Å². The number of nitrogens with one attached hydrogen (secondary N) is 1. The summed E-state index contributed by atoms with van der Waals surface area (Å²) < 4.78 is 5.43. The van der Waals surface area contributed by atoms with E-state index >= 15 is 0 Å². The standard InChI is InChI=1S/C8H15NO3/c1-5-3-4-6(12-5)7(9-2)8(10)11/h5-7,9H,3-4H2,1-2H3,(H,10,11). The first kappa shape index (κ1) is 9.48. The number of carboxylic acid groups (broad SMARTS) is 1. The van der Waals surface area contributed by atoms with Crippen LogP contribution in [0, 0.1) is 0 Å². The summed E-state index contributed by atoms with van der Waals surface area (Å²) in [4.78, 5) is 10.7. The van der Waals surface area contributed by atoms with E-state index < -0.39 is 12.0 Å². The number of likely N-dealkylation sites (N-methyl/N-ethyl adjacent to an activating group) is 1. The van der Waals surface area contributed by atoms with Crippen molar-refractivity contribution in [1.82, 2.24) is 5.32 Å². The van der Waals surface area contributed by atoms with Crippen molar-refractivity contribution in [3.05, 3.63) is 0 Å². The molecule has 0 spiro atoms. The van der Waals surface area contributed by atoms with Crippen LogP contribution < -0.4 is 5.32 Å². The molecule has 0 radical (unpaired) electrons. The van der Waals surface area contributed by atoms with E-state index in [-0.39, 0.29) is 12.2 Å². The minimum Gasteiger partial charge on any atom is -0.480 e. The van der Waals surface area contributed by atoms with Gasteiger partial charge in [0.25, 0.3) is 0 Å². The summed E-state index contributed by atoms with van der Waals surface area (Å²) >= 11 is 0. The van der Waals surface area contributed by atoms with Crippen molar-refractivity contribution in [1.29, 1.82) is 0 Å². The van der Waals surface area contributed by atoms with Crippen LogP contribution in [0.5, 0.6) is 0 Å². The zero-order valence-corrected chi connectivity index (χ0v) is 7.41. The smallest absolute Gasteiger partial charge is 0.323 e. The van der Waals surface area contributed by atoms with E-state index in [9.17, 15) is 4.79 Å². The van der Waals surface area contributed by atoms with Gasteiger partial charge >= 0.3 is 5.97 Å². The highest BCUT2D eigenvalue weighted by atomic mass is 16.5. The molecule has 1 saturated heterocycles. The van der Waals surface area contributed by atoms with Crippen LogP contribution in [0.4, 0.5) is 0 Å². The summed E-state index contributed by atoms with van der Waals surface area (Å²) in [5.41, 5.74) is 0. The van der Waals surface area contributed by atoms with Gasteiger partial charge in [-0.3, -0.25) is 4.79 Å². The molecule has 0 aliphatic carbocycles. The summed E-state index contributed by atoms with van der Waals surface area (Å²) in [6.45, 7) is 1.97. The SMILES string of the molecule is CNC(C(=O)O)C1CCC(C)O1. The van der Waals surface area contributed by atoms with Crippen molar-refractivity contribution in [3.63, 3.8) is 0 Å². The van der Waals surface area contributed by atoms with Crippen LogP contribution >= 0.6 is 0 Å². The fraction of sp³-hybridized carbons (Fsp3) is 0.875.